The van der Waals surface area contributed by atoms with Gasteiger partial charge in [0, 0.05) is 12.1 Å². The van der Waals surface area contributed by atoms with Crippen LogP contribution in [0.3, 0.4) is 0 Å². The Balaban J connectivity index is 1.94. The third-order valence-corrected chi connectivity index (χ3v) is 3.34. The van der Waals surface area contributed by atoms with Crippen molar-refractivity contribution in [3.8, 4) is 0 Å². The van der Waals surface area contributed by atoms with Gasteiger partial charge in [-0.1, -0.05) is 36.4 Å². The van der Waals surface area contributed by atoms with Crippen LogP contribution in [0, 0.1) is 6.92 Å². The summed E-state index contributed by atoms with van der Waals surface area (Å²) >= 11 is 0. The molecule has 0 bridgehead atoms. The lowest BCUT2D eigenvalue weighted by molar-refractivity contribution is -0.137. The van der Waals surface area contributed by atoms with E-state index < -0.39 is 11.7 Å². The van der Waals surface area contributed by atoms with E-state index >= 15 is 0 Å². The van der Waals surface area contributed by atoms with Crippen molar-refractivity contribution in [1.29, 1.82) is 0 Å². The molecule has 116 valence electrons. The number of halogens is 3. The number of hydrogen-bond acceptors (Lipinski definition) is 1. The SMILES string of the molecule is Cc1ccccc1C(=O)NCCc1cccc(C(F)(F)F)c1. The Bertz CT molecular complexity index is 665. The van der Waals surface area contributed by atoms with Gasteiger partial charge in [0.25, 0.3) is 5.91 Å². The smallest absolute Gasteiger partial charge is 0.352 e. The van der Waals surface area contributed by atoms with Crippen molar-refractivity contribution >= 4 is 5.91 Å². The fourth-order valence-electron chi connectivity index (χ4n) is 2.15. The Morgan fingerprint density at radius 2 is 1.82 bits per heavy atom. The van der Waals surface area contributed by atoms with Crippen molar-refractivity contribution in [2.24, 2.45) is 0 Å². The van der Waals surface area contributed by atoms with Crippen LogP contribution in [0.25, 0.3) is 0 Å². The summed E-state index contributed by atoms with van der Waals surface area (Å²) < 4.78 is 37.8. The highest BCUT2D eigenvalue weighted by Crippen LogP contribution is 2.29. The van der Waals surface area contributed by atoms with Crippen LogP contribution in [-0.2, 0) is 12.6 Å². The van der Waals surface area contributed by atoms with Crippen molar-refractivity contribution < 1.29 is 18.0 Å². The van der Waals surface area contributed by atoms with Gasteiger partial charge in [0.1, 0.15) is 0 Å². The third kappa shape index (κ3) is 4.10. The van der Waals surface area contributed by atoms with Gasteiger partial charge >= 0.3 is 6.18 Å². The van der Waals surface area contributed by atoms with Crippen LogP contribution in [-0.4, -0.2) is 12.5 Å². The monoisotopic (exact) mass is 307 g/mol. The van der Waals surface area contributed by atoms with Gasteiger partial charge in [-0.3, -0.25) is 4.79 Å². The van der Waals surface area contributed by atoms with E-state index in [1.165, 1.54) is 6.07 Å². The summed E-state index contributed by atoms with van der Waals surface area (Å²) in [5.41, 5.74) is 1.31. The van der Waals surface area contributed by atoms with Crippen molar-refractivity contribution in [3.05, 3.63) is 70.8 Å². The second kappa shape index (κ2) is 6.64. The highest BCUT2D eigenvalue weighted by molar-refractivity contribution is 5.95. The molecule has 0 radical (unpaired) electrons. The van der Waals surface area contributed by atoms with E-state index in [0.29, 0.717) is 17.5 Å². The van der Waals surface area contributed by atoms with Crippen molar-refractivity contribution in [2.75, 3.05) is 6.54 Å². The van der Waals surface area contributed by atoms with E-state index in [2.05, 4.69) is 5.32 Å². The first kappa shape index (κ1) is 16.1. The number of amides is 1. The number of benzene rings is 2. The first-order valence-electron chi connectivity index (χ1n) is 6.88. The number of nitrogens with one attached hydrogen (secondary N) is 1. The van der Waals surface area contributed by atoms with Crippen LogP contribution in [0.5, 0.6) is 0 Å². The quantitative estimate of drug-likeness (QED) is 0.909. The van der Waals surface area contributed by atoms with Gasteiger partial charge in [0.2, 0.25) is 0 Å². The lowest BCUT2D eigenvalue weighted by atomic mass is 10.1. The zero-order valence-electron chi connectivity index (χ0n) is 12.1. The first-order valence-corrected chi connectivity index (χ1v) is 6.88. The van der Waals surface area contributed by atoms with Crippen molar-refractivity contribution in [1.82, 2.24) is 5.32 Å². The van der Waals surface area contributed by atoms with E-state index in [1.54, 1.807) is 18.2 Å². The molecule has 2 nitrogen and oxygen atoms in total. The molecule has 0 spiro atoms. The number of carbonyl (C=O) groups is 1. The van der Waals surface area contributed by atoms with Gasteiger partial charge in [0.05, 0.1) is 5.56 Å². The first-order chi connectivity index (χ1) is 10.4. The third-order valence-electron chi connectivity index (χ3n) is 3.34. The lowest BCUT2D eigenvalue weighted by Gasteiger charge is -2.10. The Kier molecular flexibility index (Phi) is 4.85. The maximum Gasteiger partial charge on any atom is 0.416 e. The minimum atomic E-state index is -4.35. The van der Waals surface area contributed by atoms with Crippen LogP contribution < -0.4 is 5.32 Å². The molecular formula is C17H16F3NO. The summed E-state index contributed by atoms with van der Waals surface area (Å²) in [6, 6.07) is 12.3. The number of alkyl halides is 3. The fraction of sp³-hybridized carbons (Fsp3) is 0.235. The minimum absolute atomic E-state index is 0.218. The Morgan fingerprint density at radius 1 is 1.09 bits per heavy atom. The average molecular weight is 307 g/mol. The van der Waals surface area contributed by atoms with Gasteiger partial charge in [-0.05, 0) is 36.6 Å². The van der Waals surface area contributed by atoms with Gasteiger partial charge in [0.15, 0.2) is 0 Å². The molecule has 5 heteroatoms. The molecule has 0 aliphatic rings. The molecular weight excluding hydrogens is 291 g/mol. The minimum Gasteiger partial charge on any atom is -0.352 e. The van der Waals surface area contributed by atoms with E-state index in [-0.39, 0.29) is 12.5 Å². The summed E-state index contributed by atoms with van der Waals surface area (Å²) in [5.74, 6) is -0.218. The molecule has 0 saturated carbocycles. The number of carbonyl (C=O) groups excluding carboxylic acids is 1. The second-order valence-corrected chi connectivity index (χ2v) is 5.02. The number of rotatable bonds is 4. The molecule has 0 unspecified atom stereocenters. The molecule has 0 fully saturated rings. The molecule has 0 heterocycles. The molecule has 1 N–H and O–H groups in total. The standard InChI is InChI=1S/C17H16F3NO/c1-12-5-2-3-8-15(12)16(22)21-10-9-13-6-4-7-14(11-13)17(18,19)20/h2-8,11H,9-10H2,1H3,(H,21,22). The molecule has 0 atom stereocenters. The summed E-state index contributed by atoms with van der Waals surface area (Å²) in [7, 11) is 0. The molecule has 0 saturated heterocycles. The highest BCUT2D eigenvalue weighted by atomic mass is 19.4. The van der Waals surface area contributed by atoms with Crippen LogP contribution in [0.4, 0.5) is 13.2 Å². The van der Waals surface area contributed by atoms with Gasteiger partial charge in [-0.25, -0.2) is 0 Å². The number of hydrogen-bond donors (Lipinski definition) is 1. The Morgan fingerprint density at radius 3 is 2.50 bits per heavy atom. The normalized spacial score (nSPS) is 11.3. The van der Waals surface area contributed by atoms with E-state index in [4.69, 9.17) is 0 Å². The summed E-state index contributed by atoms with van der Waals surface area (Å²) in [4.78, 5) is 12.0. The molecule has 2 aromatic carbocycles. The molecule has 22 heavy (non-hydrogen) atoms. The van der Waals surface area contributed by atoms with E-state index in [1.807, 2.05) is 19.1 Å². The predicted octanol–water partition coefficient (Wildman–Crippen LogP) is 3.99. The molecule has 2 rings (SSSR count). The maximum atomic E-state index is 12.6. The molecule has 2 aromatic rings. The summed E-state index contributed by atoms with van der Waals surface area (Å²) in [6.45, 7) is 2.12. The van der Waals surface area contributed by atoms with Gasteiger partial charge in [-0.15, -0.1) is 0 Å². The van der Waals surface area contributed by atoms with Crippen molar-refractivity contribution in [2.45, 2.75) is 19.5 Å². The molecule has 1 amide bonds. The highest BCUT2D eigenvalue weighted by Gasteiger charge is 2.30. The van der Waals surface area contributed by atoms with Crippen LogP contribution in [0.15, 0.2) is 48.5 Å². The maximum absolute atomic E-state index is 12.6. The molecule has 0 aliphatic carbocycles. The Hall–Kier alpha value is -2.30. The Labute approximate surface area is 127 Å². The number of aryl methyl sites for hydroxylation is 1. The van der Waals surface area contributed by atoms with Gasteiger partial charge < -0.3 is 5.32 Å². The predicted molar refractivity (Wildman–Crippen MR) is 78.7 cm³/mol. The average Bonchev–Trinajstić information content (AvgIpc) is 2.47. The lowest BCUT2D eigenvalue weighted by Crippen LogP contribution is -2.26. The fourth-order valence-corrected chi connectivity index (χ4v) is 2.15. The van der Waals surface area contributed by atoms with E-state index in [9.17, 15) is 18.0 Å². The largest absolute Gasteiger partial charge is 0.416 e. The molecule has 0 aromatic heterocycles. The zero-order valence-corrected chi connectivity index (χ0v) is 12.1. The van der Waals surface area contributed by atoms with Crippen molar-refractivity contribution in [3.63, 3.8) is 0 Å². The molecule has 0 aliphatic heterocycles. The van der Waals surface area contributed by atoms with Gasteiger partial charge in [-0.2, -0.15) is 13.2 Å². The topological polar surface area (TPSA) is 29.1 Å². The zero-order chi connectivity index (χ0) is 16.2. The summed E-state index contributed by atoms with van der Waals surface area (Å²) in [6.07, 6.45) is -4.00. The summed E-state index contributed by atoms with van der Waals surface area (Å²) in [5, 5.41) is 2.73. The van der Waals surface area contributed by atoms with E-state index in [0.717, 1.165) is 17.7 Å². The second-order valence-electron chi connectivity index (χ2n) is 5.02. The van der Waals surface area contributed by atoms with Crippen LogP contribution in [0.1, 0.15) is 27.0 Å². The van der Waals surface area contributed by atoms with Crippen LogP contribution in [0.2, 0.25) is 0 Å². The van der Waals surface area contributed by atoms with Crippen LogP contribution >= 0.6 is 0 Å².